The first kappa shape index (κ1) is 16.9. The highest BCUT2D eigenvalue weighted by Gasteiger charge is 2.25. The molecule has 24 heavy (non-hydrogen) atoms. The minimum absolute atomic E-state index is 0.226. The number of hydrogen-bond acceptors (Lipinski definition) is 4. The van der Waals surface area contributed by atoms with Crippen LogP contribution in [0.15, 0.2) is 12.1 Å². The van der Waals surface area contributed by atoms with Gasteiger partial charge in [0.05, 0.1) is 24.3 Å². The van der Waals surface area contributed by atoms with Crippen molar-refractivity contribution < 1.29 is 19.0 Å². The van der Waals surface area contributed by atoms with E-state index in [1.807, 2.05) is 0 Å². The molecular formula is C18H20ClNO4. The number of nitrogens with one attached hydrogen (secondary N) is 1. The first-order valence-corrected chi connectivity index (χ1v) is 8.50. The van der Waals surface area contributed by atoms with E-state index in [1.165, 1.54) is 0 Å². The molecule has 1 fully saturated rings. The maximum Gasteiger partial charge on any atom is 0.252 e. The Morgan fingerprint density at radius 1 is 1.25 bits per heavy atom. The second-order valence-corrected chi connectivity index (χ2v) is 6.31. The number of carbonyl (C=O) groups excluding carboxylic acids is 1. The minimum atomic E-state index is -0.323. The van der Waals surface area contributed by atoms with Crippen LogP contribution in [0.3, 0.4) is 0 Å². The smallest absolute Gasteiger partial charge is 0.252 e. The molecule has 0 unspecified atom stereocenters. The van der Waals surface area contributed by atoms with Crippen LogP contribution >= 0.6 is 11.6 Å². The van der Waals surface area contributed by atoms with Crippen molar-refractivity contribution in [2.24, 2.45) is 5.92 Å². The Bertz CT molecular complexity index is 649. The lowest BCUT2D eigenvalue weighted by Crippen LogP contribution is -2.41. The van der Waals surface area contributed by atoms with E-state index in [9.17, 15) is 4.79 Å². The third-order valence-corrected chi connectivity index (χ3v) is 4.55. The second-order valence-electron chi connectivity index (χ2n) is 5.90. The molecular weight excluding hydrogens is 330 g/mol. The van der Waals surface area contributed by atoms with Crippen molar-refractivity contribution in [3.05, 3.63) is 22.7 Å². The van der Waals surface area contributed by atoms with Crippen LogP contribution in [-0.4, -0.2) is 38.4 Å². The summed E-state index contributed by atoms with van der Waals surface area (Å²) in [5.41, 5.74) is 0.413. The standard InChI is InChI=1S/C18H20ClNO4/c1-2-15(12-4-8-22-9-5-12)20-18(21)13-10-14(19)17-16(11-13)23-6-3-7-24-17/h1,10-12,15H,3-9H2,(H,20,21)/t15-/m0/s1. The Morgan fingerprint density at radius 2 is 2.00 bits per heavy atom. The Labute approximate surface area is 146 Å². The van der Waals surface area contributed by atoms with Crippen LogP contribution in [0, 0.1) is 18.3 Å². The van der Waals surface area contributed by atoms with Crippen molar-refractivity contribution >= 4 is 17.5 Å². The van der Waals surface area contributed by atoms with Gasteiger partial charge in [0.1, 0.15) is 0 Å². The van der Waals surface area contributed by atoms with Gasteiger partial charge in [-0.1, -0.05) is 17.5 Å². The average Bonchev–Trinajstić information content (AvgIpc) is 2.86. The quantitative estimate of drug-likeness (QED) is 0.852. The van der Waals surface area contributed by atoms with Gasteiger partial charge in [-0.05, 0) is 30.9 Å². The summed E-state index contributed by atoms with van der Waals surface area (Å²) < 4.78 is 16.5. The van der Waals surface area contributed by atoms with Crippen LogP contribution in [0.5, 0.6) is 11.5 Å². The molecule has 2 aliphatic heterocycles. The number of fused-ring (bicyclic) bond motifs is 1. The van der Waals surface area contributed by atoms with Crippen molar-refractivity contribution in [3.63, 3.8) is 0 Å². The molecule has 6 heteroatoms. The van der Waals surface area contributed by atoms with Crippen LogP contribution in [0.4, 0.5) is 0 Å². The molecule has 1 N–H and O–H groups in total. The summed E-state index contributed by atoms with van der Waals surface area (Å²) >= 11 is 6.24. The van der Waals surface area contributed by atoms with E-state index in [2.05, 4.69) is 11.2 Å². The Balaban J connectivity index is 1.75. The van der Waals surface area contributed by atoms with Crippen molar-refractivity contribution in [2.45, 2.75) is 25.3 Å². The van der Waals surface area contributed by atoms with Gasteiger partial charge in [-0.2, -0.15) is 0 Å². The molecule has 2 aliphatic rings. The predicted molar refractivity (Wildman–Crippen MR) is 90.7 cm³/mol. The van der Waals surface area contributed by atoms with Gasteiger partial charge >= 0.3 is 0 Å². The maximum atomic E-state index is 12.6. The molecule has 1 saturated heterocycles. The van der Waals surface area contributed by atoms with E-state index in [0.717, 1.165) is 19.3 Å². The van der Waals surface area contributed by atoms with E-state index < -0.39 is 0 Å². The molecule has 2 heterocycles. The molecule has 1 amide bonds. The molecule has 3 rings (SSSR count). The number of rotatable bonds is 3. The van der Waals surface area contributed by atoms with E-state index in [0.29, 0.717) is 48.5 Å². The van der Waals surface area contributed by atoms with Gasteiger partial charge in [0.25, 0.3) is 5.91 Å². The van der Waals surface area contributed by atoms with Crippen molar-refractivity contribution in [1.29, 1.82) is 0 Å². The topological polar surface area (TPSA) is 56.8 Å². The van der Waals surface area contributed by atoms with Crippen LogP contribution < -0.4 is 14.8 Å². The van der Waals surface area contributed by atoms with E-state index in [-0.39, 0.29) is 17.9 Å². The number of terminal acetylenes is 1. The molecule has 0 bridgehead atoms. The van der Waals surface area contributed by atoms with E-state index in [4.69, 9.17) is 32.2 Å². The van der Waals surface area contributed by atoms with Gasteiger partial charge in [0.2, 0.25) is 0 Å². The average molecular weight is 350 g/mol. The van der Waals surface area contributed by atoms with E-state index in [1.54, 1.807) is 12.1 Å². The number of carbonyl (C=O) groups is 1. The number of amides is 1. The Hall–Kier alpha value is -1.90. The third kappa shape index (κ3) is 3.77. The second kappa shape index (κ2) is 7.78. The molecule has 0 saturated carbocycles. The summed E-state index contributed by atoms with van der Waals surface area (Å²) in [6.07, 6.45) is 8.08. The molecule has 0 aromatic heterocycles. The Morgan fingerprint density at radius 3 is 2.75 bits per heavy atom. The molecule has 1 aromatic carbocycles. The summed E-state index contributed by atoms with van der Waals surface area (Å²) in [5.74, 6) is 3.63. The highest BCUT2D eigenvalue weighted by atomic mass is 35.5. The highest BCUT2D eigenvalue weighted by molar-refractivity contribution is 6.32. The fourth-order valence-corrected chi connectivity index (χ4v) is 3.20. The summed E-state index contributed by atoms with van der Waals surface area (Å²) in [6.45, 7) is 2.42. The molecule has 1 atom stereocenters. The maximum absolute atomic E-state index is 12.6. The van der Waals surface area contributed by atoms with Gasteiger partial charge in [-0.3, -0.25) is 4.79 Å². The largest absolute Gasteiger partial charge is 0.489 e. The van der Waals surface area contributed by atoms with Crippen LogP contribution in [0.2, 0.25) is 5.02 Å². The lowest BCUT2D eigenvalue weighted by molar-refractivity contribution is 0.0579. The number of hydrogen-bond donors (Lipinski definition) is 1. The van der Waals surface area contributed by atoms with Gasteiger partial charge in [-0.25, -0.2) is 0 Å². The van der Waals surface area contributed by atoms with Crippen LogP contribution in [-0.2, 0) is 4.74 Å². The summed E-state index contributed by atoms with van der Waals surface area (Å²) in [4.78, 5) is 12.6. The molecule has 128 valence electrons. The summed E-state index contributed by atoms with van der Waals surface area (Å²) in [5, 5.41) is 3.28. The lowest BCUT2D eigenvalue weighted by atomic mass is 9.92. The Kier molecular flexibility index (Phi) is 5.49. The minimum Gasteiger partial charge on any atom is -0.489 e. The lowest BCUT2D eigenvalue weighted by Gasteiger charge is -2.27. The van der Waals surface area contributed by atoms with Gasteiger partial charge in [0, 0.05) is 25.2 Å². The van der Waals surface area contributed by atoms with Gasteiger partial charge < -0.3 is 19.5 Å². The fourth-order valence-electron chi connectivity index (χ4n) is 2.93. The zero-order chi connectivity index (χ0) is 16.9. The zero-order valence-electron chi connectivity index (χ0n) is 13.3. The first-order valence-electron chi connectivity index (χ1n) is 8.13. The molecule has 0 spiro atoms. The summed E-state index contributed by atoms with van der Waals surface area (Å²) in [7, 11) is 0. The van der Waals surface area contributed by atoms with Crippen LogP contribution in [0.1, 0.15) is 29.6 Å². The van der Waals surface area contributed by atoms with Crippen LogP contribution in [0.25, 0.3) is 0 Å². The van der Waals surface area contributed by atoms with Gasteiger partial charge in [-0.15, -0.1) is 6.42 Å². The normalized spacial score (nSPS) is 19.0. The number of halogens is 1. The predicted octanol–water partition coefficient (Wildman–Crippen LogP) is 2.66. The van der Waals surface area contributed by atoms with Crippen molar-refractivity contribution in [2.75, 3.05) is 26.4 Å². The fraction of sp³-hybridized carbons (Fsp3) is 0.500. The monoisotopic (exact) mass is 349 g/mol. The van der Waals surface area contributed by atoms with Crippen molar-refractivity contribution in [1.82, 2.24) is 5.32 Å². The van der Waals surface area contributed by atoms with Crippen molar-refractivity contribution in [3.8, 4) is 23.8 Å². The third-order valence-electron chi connectivity index (χ3n) is 4.27. The first-order chi connectivity index (χ1) is 11.7. The number of benzene rings is 1. The highest BCUT2D eigenvalue weighted by Crippen LogP contribution is 2.38. The number of ether oxygens (including phenoxy) is 3. The molecule has 0 radical (unpaired) electrons. The zero-order valence-corrected chi connectivity index (χ0v) is 14.1. The van der Waals surface area contributed by atoms with E-state index >= 15 is 0 Å². The molecule has 1 aromatic rings. The SMILES string of the molecule is C#C[C@H](NC(=O)c1cc(Cl)c2c(c1)OCCCO2)C1CCOCC1. The summed E-state index contributed by atoms with van der Waals surface area (Å²) in [6, 6.07) is 2.91. The van der Waals surface area contributed by atoms with Gasteiger partial charge in [0.15, 0.2) is 11.5 Å². The molecule has 5 nitrogen and oxygen atoms in total. The molecule has 0 aliphatic carbocycles.